The van der Waals surface area contributed by atoms with Crippen LogP contribution >= 0.6 is 23.2 Å². The Balaban J connectivity index is 2.18. The number of para-hydroxylation sites is 1. The first kappa shape index (κ1) is 13.4. The normalized spacial score (nSPS) is 10.4. The zero-order chi connectivity index (χ0) is 13.7. The third-order valence-corrected chi connectivity index (χ3v) is 2.99. The molecule has 3 nitrogen and oxygen atoms in total. The molecule has 5 heteroatoms. The molecule has 0 amide bonds. The van der Waals surface area contributed by atoms with Gasteiger partial charge in [-0.15, -0.1) is 0 Å². The number of benzene rings is 2. The van der Waals surface area contributed by atoms with Gasteiger partial charge < -0.3 is 0 Å². The lowest BCUT2D eigenvalue weighted by atomic mass is 10.1. The number of halogens is 2. The van der Waals surface area contributed by atoms with Crippen LogP contribution in [0.1, 0.15) is 11.1 Å². The summed E-state index contributed by atoms with van der Waals surface area (Å²) in [7, 11) is 0. The Bertz CT molecular complexity index is 622. The van der Waals surface area contributed by atoms with Gasteiger partial charge in [0, 0.05) is 5.56 Å². The van der Waals surface area contributed by atoms with E-state index in [4.69, 9.17) is 28.5 Å². The minimum Gasteiger partial charge on any atom is -0.279 e. The topological polar surface area (TPSA) is 48.2 Å². The second kappa shape index (κ2) is 6.24. The van der Waals surface area contributed by atoms with Crippen molar-refractivity contribution in [3.05, 3.63) is 63.6 Å². The predicted octanol–water partition coefficient (Wildman–Crippen LogP) is 4.31. The van der Waals surface area contributed by atoms with Gasteiger partial charge in [-0.3, -0.25) is 5.43 Å². The molecule has 0 spiro atoms. The molecule has 0 saturated heterocycles. The van der Waals surface area contributed by atoms with Crippen LogP contribution in [0.25, 0.3) is 0 Å². The zero-order valence-electron chi connectivity index (χ0n) is 9.77. The maximum Gasteiger partial charge on any atom is 0.0992 e. The van der Waals surface area contributed by atoms with Gasteiger partial charge in [-0.25, -0.2) is 0 Å². The monoisotopic (exact) mass is 289 g/mol. The molecule has 94 valence electrons. The minimum absolute atomic E-state index is 0.391. The molecule has 0 atom stereocenters. The average Bonchev–Trinajstić information content (AvgIpc) is 2.42. The van der Waals surface area contributed by atoms with Gasteiger partial charge in [0.2, 0.25) is 0 Å². The largest absolute Gasteiger partial charge is 0.279 e. The summed E-state index contributed by atoms with van der Waals surface area (Å²) in [6, 6.07) is 14.6. The molecule has 2 aromatic rings. The van der Waals surface area contributed by atoms with Crippen LogP contribution in [0.4, 0.5) is 5.69 Å². The first-order valence-corrected chi connectivity index (χ1v) is 6.19. The molecule has 0 aliphatic carbocycles. The fraction of sp³-hybridized carbons (Fsp3) is 0. The van der Waals surface area contributed by atoms with Gasteiger partial charge in [0.1, 0.15) is 0 Å². The molecule has 2 aromatic carbocycles. The first-order chi connectivity index (χ1) is 9.20. The summed E-state index contributed by atoms with van der Waals surface area (Å²) in [5.74, 6) is 0. The molecule has 2 rings (SSSR count). The van der Waals surface area contributed by atoms with Crippen molar-refractivity contribution >= 4 is 35.1 Å². The van der Waals surface area contributed by atoms with Gasteiger partial charge >= 0.3 is 0 Å². The van der Waals surface area contributed by atoms with Gasteiger partial charge in [-0.2, -0.15) is 10.4 Å². The molecule has 0 bridgehead atoms. The maximum absolute atomic E-state index is 8.79. The molecule has 0 aromatic heterocycles. The Kier molecular flexibility index (Phi) is 4.40. The van der Waals surface area contributed by atoms with Crippen LogP contribution in [0.15, 0.2) is 47.6 Å². The van der Waals surface area contributed by atoms with E-state index in [0.29, 0.717) is 21.2 Å². The SMILES string of the molecule is N#Cc1cc(Cl)c(C=NNc2ccccc2)c(Cl)c1. The van der Waals surface area contributed by atoms with Crippen LogP contribution in [-0.2, 0) is 0 Å². The van der Waals surface area contributed by atoms with Crippen LogP contribution in [0, 0.1) is 11.3 Å². The smallest absolute Gasteiger partial charge is 0.0992 e. The number of hydrazone groups is 1. The molecule has 0 unspecified atom stereocenters. The van der Waals surface area contributed by atoms with Crippen LogP contribution < -0.4 is 5.43 Å². The maximum atomic E-state index is 8.79. The van der Waals surface area contributed by atoms with Crippen LogP contribution in [0.5, 0.6) is 0 Å². The summed E-state index contributed by atoms with van der Waals surface area (Å²) in [6.07, 6.45) is 1.53. The Morgan fingerprint density at radius 1 is 1.11 bits per heavy atom. The highest BCUT2D eigenvalue weighted by Gasteiger charge is 2.06. The quantitative estimate of drug-likeness (QED) is 0.676. The lowest BCUT2D eigenvalue weighted by Gasteiger charge is -2.03. The van der Waals surface area contributed by atoms with Gasteiger partial charge in [0.05, 0.1) is 33.6 Å². The van der Waals surface area contributed by atoms with Crippen molar-refractivity contribution < 1.29 is 0 Å². The fourth-order valence-electron chi connectivity index (χ4n) is 1.46. The standard InChI is InChI=1S/C14H9Cl2N3/c15-13-6-10(8-17)7-14(16)12(13)9-18-19-11-4-2-1-3-5-11/h1-7,9,19H. The minimum atomic E-state index is 0.391. The molecule has 0 fully saturated rings. The average molecular weight is 290 g/mol. The van der Waals surface area contributed by atoms with E-state index in [1.807, 2.05) is 36.4 Å². The molecule has 0 heterocycles. The number of nitriles is 1. The molecule has 0 radical (unpaired) electrons. The predicted molar refractivity (Wildman–Crippen MR) is 78.8 cm³/mol. The van der Waals surface area contributed by atoms with Crippen LogP contribution in [0.3, 0.4) is 0 Å². The van der Waals surface area contributed by atoms with Crippen molar-refractivity contribution in [1.82, 2.24) is 0 Å². The second-order valence-electron chi connectivity index (χ2n) is 3.70. The summed E-state index contributed by atoms with van der Waals surface area (Å²) in [5, 5.41) is 13.6. The van der Waals surface area contributed by atoms with Gasteiger partial charge in [0.25, 0.3) is 0 Å². The lowest BCUT2D eigenvalue weighted by Crippen LogP contribution is -1.92. The van der Waals surface area contributed by atoms with E-state index in [2.05, 4.69) is 10.5 Å². The Labute approximate surface area is 121 Å². The number of rotatable bonds is 3. The van der Waals surface area contributed by atoms with Gasteiger partial charge in [0.15, 0.2) is 0 Å². The molecule has 19 heavy (non-hydrogen) atoms. The van der Waals surface area contributed by atoms with E-state index in [1.165, 1.54) is 6.21 Å². The van der Waals surface area contributed by atoms with E-state index in [-0.39, 0.29) is 0 Å². The Hall–Kier alpha value is -2.02. The molecule has 1 N–H and O–H groups in total. The molecule has 0 aliphatic heterocycles. The van der Waals surface area contributed by atoms with Crippen molar-refractivity contribution in [2.45, 2.75) is 0 Å². The highest BCUT2D eigenvalue weighted by molar-refractivity contribution is 6.38. The highest BCUT2D eigenvalue weighted by atomic mass is 35.5. The number of hydrogen-bond donors (Lipinski definition) is 1. The second-order valence-corrected chi connectivity index (χ2v) is 4.52. The fourth-order valence-corrected chi connectivity index (χ4v) is 2.04. The van der Waals surface area contributed by atoms with E-state index in [1.54, 1.807) is 12.1 Å². The number of nitrogens with one attached hydrogen (secondary N) is 1. The third-order valence-electron chi connectivity index (χ3n) is 2.37. The van der Waals surface area contributed by atoms with E-state index in [9.17, 15) is 0 Å². The van der Waals surface area contributed by atoms with E-state index >= 15 is 0 Å². The first-order valence-electron chi connectivity index (χ1n) is 5.44. The van der Waals surface area contributed by atoms with E-state index in [0.717, 1.165) is 5.69 Å². The van der Waals surface area contributed by atoms with Crippen LogP contribution in [0.2, 0.25) is 10.0 Å². The number of hydrogen-bond acceptors (Lipinski definition) is 3. The molecular weight excluding hydrogens is 281 g/mol. The summed E-state index contributed by atoms with van der Waals surface area (Å²) in [5.41, 5.74) is 4.72. The van der Waals surface area contributed by atoms with Crippen LogP contribution in [-0.4, -0.2) is 6.21 Å². The van der Waals surface area contributed by atoms with Gasteiger partial charge in [-0.1, -0.05) is 41.4 Å². The zero-order valence-corrected chi connectivity index (χ0v) is 11.3. The summed E-state index contributed by atoms with van der Waals surface area (Å²) >= 11 is 12.1. The van der Waals surface area contributed by atoms with Crippen molar-refractivity contribution in [1.29, 1.82) is 5.26 Å². The molecular formula is C14H9Cl2N3. The molecule has 0 saturated carbocycles. The Morgan fingerprint density at radius 3 is 2.32 bits per heavy atom. The highest BCUT2D eigenvalue weighted by Crippen LogP contribution is 2.24. The third kappa shape index (κ3) is 3.47. The summed E-state index contributed by atoms with van der Waals surface area (Å²) in [4.78, 5) is 0. The van der Waals surface area contributed by atoms with Crippen molar-refractivity contribution in [2.75, 3.05) is 5.43 Å². The number of anilines is 1. The lowest BCUT2D eigenvalue weighted by molar-refractivity contribution is 1.35. The summed E-state index contributed by atoms with van der Waals surface area (Å²) < 4.78 is 0. The van der Waals surface area contributed by atoms with Gasteiger partial charge in [-0.05, 0) is 24.3 Å². The number of nitrogens with zero attached hydrogens (tertiary/aromatic N) is 2. The molecule has 0 aliphatic rings. The van der Waals surface area contributed by atoms with E-state index < -0.39 is 0 Å². The van der Waals surface area contributed by atoms with Crippen molar-refractivity contribution in [3.63, 3.8) is 0 Å². The Morgan fingerprint density at radius 2 is 1.74 bits per heavy atom. The van der Waals surface area contributed by atoms with Crippen molar-refractivity contribution in [3.8, 4) is 6.07 Å². The summed E-state index contributed by atoms with van der Waals surface area (Å²) in [6.45, 7) is 0. The van der Waals surface area contributed by atoms with Crippen molar-refractivity contribution in [2.24, 2.45) is 5.10 Å².